The van der Waals surface area contributed by atoms with Crippen LogP contribution in [0.4, 0.5) is 0 Å². The molecule has 1 heterocycles. The summed E-state index contributed by atoms with van der Waals surface area (Å²) in [5, 5.41) is 3.12. The minimum absolute atomic E-state index is 0.120. The van der Waals surface area contributed by atoms with Gasteiger partial charge in [0.2, 0.25) is 12.3 Å². The summed E-state index contributed by atoms with van der Waals surface area (Å²) in [6, 6.07) is 0. The van der Waals surface area contributed by atoms with Crippen molar-refractivity contribution < 1.29 is 9.59 Å². The summed E-state index contributed by atoms with van der Waals surface area (Å²) in [6.45, 7) is 4.70. The van der Waals surface area contributed by atoms with Gasteiger partial charge in [0.1, 0.15) is 0 Å². The van der Waals surface area contributed by atoms with Crippen LogP contribution in [0.3, 0.4) is 0 Å². The fourth-order valence-corrected chi connectivity index (χ4v) is 1.69. The zero-order valence-electron chi connectivity index (χ0n) is 10.7. The first-order valence-electron chi connectivity index (χ1n) is 5.96. The third-order valence-corrected chi connectivity index (χ3v) is 2.83. The first-order valence-corrected chi connectivity index (χ1v) is 5.96. The lowest BCUT2D eigenvalue weighted by Crippen LogP contribution is -2.50. The number of hydrogen-bond acceptors (Lipinski definition) is 4. The smallest absolute Gasteiger partial charge is 0.236 e. The first-order chi connectivity index (χ1) is 8.13. The van der Waals surface area contributed by atoms with Crippen molar-refractivity contribution in [3.05, 3.63) is 0 Å². The normalized spacial score (nSPS) is 16.4. The Balaban J connectivity index is 2.14. The maximum absolute atomic E-state index is 11.8. The molecule has 0 aromatic carbocycles. The fraction of sp³-hybridized carbons (Fsp3) is 0.818. The maximum Gasteiger partial charge on any atom is 0.236 e. The van der Waals surface area contributed by atoms with Gasteiger partial charge in [-0.1, -0.05) is 0 Å². The Hall–Kier alpha value is -1.14. The quantitative estimate of drug-likeness (QED) is 0.452. The molecule has 1 fully saturated rings. The van der Waals surface area contributed by atoms with Crippen LogP contribution in [0.1, 0.15) is 0 Å². The van der Waals surface area contributed by atoms with Crippen LogP contribution in [0, 0.1) is 0 Å². The second-order valence-electron chi connectivity index (χ2n) is 4.50. The monoisotopic (exact) mass is 242 g/mol. The molecule has 17 heavy (non-hydrogen) atoms. The van der Waals surface area contributed by atoms with Crippen molar-refractivity contribution >= 4 is 12.3 Å². The van der Waals surface area contributed by atoms with E-state index >= 15 is 0 Å². The van der Waals surface area contributed by atoms with Crippen molar-refractivity contribution in [1.29, 1.82) is 0 Å². The number of piperazine rings is 1. The van der Waals surface area contributed by atoms with E-state index in [0.717, 1.165) is 19.5 Å². The van der Waals surface area contributed by atoms with Gasteiger partial charge in [-0.3, -0.25) is 9.59 Å². The van der Waals surface area contributed by atoms with E-state index in [0.29, 0.717) is 32.7 Å². The highest BCUT2D eigenvalue weighted by Crippen LogP contribution is 1.99. The van der Waals surface area contributed by atoms with Crippen molar-refractivity contribution in [1.82, 2.24) is 20.0 Å². The lowest BCUT2D eigenvalue weighted by atomic mass is 10.3. The molecular weight excluding hydrogens is 220 g/mol. The SMILES string of the molecule is CN(C)CCNCC(=O)N1CCN(C=O)CC1. The van der Waals surface area contributed by atoms with Gasteiger partial charge in [0, 0.05) is 39.3 Å². The molecule has 1 saturated heterocycles. The van der Waals surface area contributed by atoms with E-state index in [1.165, 1.54) is 0 Å². The van der Waals surface area contributed by atoms with Crippen LogP contribution in [0.25, 0.3) is 0 Å². The second kappa shape index (κ2) is 7.24. The molecule has 0 saturated carbocycles. The van der Waals surface area contributed by atoms with Crippen LogP contribution >= 0.6 is 0 Å². The number of carbonyl (C=O) groups excluding carboxylic acids is 2. The summed E-state index contributed by atoms with van der Waals surface area (Å²) in [6.07, 6.45) is 0.844. The van der Waals surface area contributed by atoms with Gasteiger partial charge in [-0.15, -0.1) is 0 Å². The van der Waals surface area contributed by atoms with Gasteiger partial charge < -0.3 is 20.0 Å². The van der Waals surface area contributed by atoms with E-state index in [9.17, 15) is 9.59 Å². The molecule has 0 radical (unpaired) electrons. The molecule has 6 nitrogen and oxygen atoms in total. The van der Waals surface area contributed by atoms with Crippen molar-refractivity contribution in [3.8, 4) is 0 Å². The maximum atomic E-state index is 11.8. The summed E-state index contributed by atoms with van der Waals surface area (Å²) < 4.78 is 0. The Morgan fingerprint density at radius 1 is 1.29 bits per heavy atom. The van der Waals surface area contributed by atoms with Gasteiger partial charge in [0.25, 0.3) is 0 Å². The van der Waals surface area contributed by atoms with Crippen molar-refractivity contribution in [2.24, 2.45) is 0 Å². The van der Waals surface area contributed by atoms with E-state index in [1.54, 1.807) is 4.90 Å². The van der Waals surface area contributed by atoms with Gasteiger partial charge in [-0.05, 0) is 14.1 Å². The molecule has 0 spiro atoms. The molecule has 0 atom stereocenters. The Labute approximate surface area is 103 Å². The third-order valence-electron chi connectivity index (χ3n) is 2.83. The highest BCUT2D eigenvalue weighted by atomic mass is 16.2. The highest BCUT2D eigenvalue weighted by molar-refractivity contribution is 5.78. The molecular formula is C11H22N4O2. The molecule has 0 unspecified atom stereocenters. The van der Waals surface area contributed by atoms with E-state index in [1.807, 2.05) is 19.0 Å². The minimum atomic E-state index is 0.120. The van der Waals surface area contributed by atoms with Crippen LogP contribution in [-0.2, 0) is 9.59 Å². The van der Waals surface area contributed by atoms with Gasteiger partial charge in [0.15, 0.2) is 0 Å². The summed E-state index contributed by atoms with van der Waals surface area (Å²) in [7, 11) is 4.00. The number of carbonyl (C=O) groups is 2. The standard InChI is InChI=1S/C11H22N4O2/c1-13(2)4-3-12-9-11(17)15-7-5-14(10-16)6-8-15/h10,12H,3-9H2,1-2H3. The van der Waals surface area contributed by atoms with Crippen LogP contribution in [0.2, 0.25) is 0 Å². The zero-order chi connectivity index (χ0) is 12.7. The second-order valence-corrected chi connectivity index (χ2v) is 4.50. The van der Waals surface area contributed by atoms with Crippen LogP contribution in [0.5, 0.6) is 0 Å². The summed E-state index contributed by atoms with van der Waals surface area (Å²) in [5.74, 6) is 0.120. The van der Waals surface area contributed by atoms with Crippen molar-refractivity contribution in [2.45, 2.75) is 0 Å². The Bertz CT molecular complexity index is 250. The molecule has 6 heteroatoms. The van der Waals surface area contributed by atoms with Gasteiger partial charge >= 0.3 is 0 Å². The number of rotatable bonds is 6. The number of nitrogens with one attached hydrogen (secondary N) is 1. The van der Waals surface area contributed by atoms with Gasteiger partial charge in [-0.25, -0.2) is 0 Å². The Morgan fingerprint density at radius 2 is 1.94 bits per heavy atom. The summed E-state index contributed by atoms with van der Waals surface area (Å²) >= 11 is 0. The molecule has 0 aromatic rings. The number of nitrogens with zero attached hydrogens (tertiary/aromatic N) is 3. The number of hydrogen-bond donors (Lipinski definition) is 1. The van der Waals surface area contributed by atoms with Crippen LogP contribution < -0.4 is 5.32 Å². The van der Waals surface area contributed by atoms with Gasteiger partial charge in [-0.2, -0.15) is 0 Å². The highest BCUT2D eigenvalue weighted by Gasteiger charge is 2.19. The molecule has 0 bridgehead atoms. The third kappa shape index (κ3) is 5.14. The predicted octanol–water partition coefficient (Wildman–Crippen LogP) is -1.56. The molecule has 1 aliphatic rings. The number of amides is 2. The van der Waals surface area contributed by atoms with E-state index in [-0.39, 0.29) is 5.91 Å². The van der Waals surface area contributed by atoms with E-state index in [2.05, 4.69) is 10.2 Å². The first kappa shape index (κ1) is 13.9. The molecule has 98 valence electrons. The molecule has 0 aromatic heterocycles. The largest absolute Gasteiger partial charge is 0.342 e. The Morgan fingerprint density at radius 3 is 2.47 bits per heavy atom. The van der Waals surface area contributed by atoms with Gasteiger partial charge in [0.05, 0.1) is 6.54 Å². The molecule has 0 aliphatic carbocycles. The van der Waals surface area contributed by atoms with Crippen molar-refractivity contribution in [3.63, 3.8) is 0 Å². The van der Waals surface area contributed by atoms with E-state index in [4.69, 9.17) is 0 Å². The summed E-state index contributed by atoms with van der Waals surface area (Å²) in [5.41, 5.74) is 0. The van der Waals surface area contributed by atoms with E-state index < -0.39 is 0 Å². The molecule has 1 rings (SSSR count). The Kier molecular flexibility index (Phi) is 5.93. The molecule has 1 N–H and O–H groups in total. The fourth-order valence-electron chi connectivity index (χ4n) is 1.69. The number of likely N-dealkylation sites (N-methyl/N-ethyl adjacent to an activating group) is 1. The predicted molar refractivity (Wildman–Crippen MR) is 65.6 cm³/mol. The van der Waals surface area contributed by atoms with Crippen LogP contribution in [-0.4, -0.2) is 86.9 Å². The van der Waals surface area contributed by atoms with Crippen molar-refractivity contribution in [2.75, 3.05) is 59.9 Å². The minimum Gasteiger partial charge on any atom is -0.342 e. The lowest BCUT2D eigenvalue weighted by molar-refractivity contribution is -0.134. The summed E-state index contributed by atoms with van der Waals surface area (Å²) in [4.78, 5) is 27.9. The average molecular weight is 242 g/mol. The topological polar surface area (TPSA) is 55.9 Å². The molecule has 1 aliphatic heterocycles. The zero-order valence-corrected chi connectivity index (χ0v) is 10.7. The molecule has 2 amide bonds. The lowest BCUT2D eigenvalue weighted by Gasteiger charge is -2.32. The average Bonchev–Trinajstić information content (AvgIpc) is 2.34. The van der Waals surface area contributed by atoms with Crippen LogP contribution in [0.15, 0.2) is 0 Å².